The number of carbonyl (C=O) groups is 1. The van der Waals surface area contributed by atoms with Crippen molar-refractivity contribution in [3.05, 3.63) is 78.0 Å². The van der Waals surface area contributed by atoms with E-state index < -0.39 is 0 Å². The van der Waals surface area contributed by atoms with E-state index in [9.17, 15) is 4.79 Å². The van der Waals surface area contributed by atoms with E-state index in [1.54, 1.807) is 35.4 Å². The average molecular weight is 319 g/mol. The van der Waals surface area contributed by atoms with E-state index in [4.69, 9.17) is 4.74 Å². The molecule has 0 aliphatic heterocycles. The lowest BCUT2D eigenvalue weighted by atomic mass is 10.0. The molecule has 0 radical (unpaired) electrons. The maximum atomic E-state index is 12.3. The molecule has 0 unspecified atom stereocenters. The fourth-order valence-electron chi connectivity index (χ4n) is 3.14. The number of rotatable bonds is 4. The van der Waals surface area contributed by atoms with Crippen LogP contribution in [0.3, 0.4) is 0 Å². The van der Waals surface area contributed by atoms with Gasteiger partial charge in [-0.05, 0) is 36.1 Å². The molecule has 5 nitrogen and oxygen atoms in total. The van der Waals surface area contributed by atoms with E-state index in [-0.39, 0.29) is 11.9 Å². The van der Waals surface area contributed by atoms with Crippen LogP contribution < -0.4 is 0 Å². The minimum absolute atomic E-state index is 0.280. The Morgan fingerprint density at radius 1 is 1.21 bits per heavy atom. The Bertz CT molecular complexity index is 859. The Balaban J connectivity index is 1.45. The van der Waals surface area contributed by atoms with Crippen LogP contribution >= 0.6 is 0 Å². The monoisotopic (exact) mass is 319 g/mol. The number of imidazole rings is 1. The molecule has 0 fully saturated rings. The molecule has 0 amide bonds. The van der Waals surface area contributed by atoms with Crippen LogP contribution in [0.2, 0.25) is 0 Å². The maximum absolute atomic E-state index is 12.3. The van der Waals surface area contributed by atoms with Crippen LogP contribution in [0.1, 0.15) is 34.0 Å². The van der Waals surface area contributed by atoms with E-state index >= 15 is 0 Å². The largest absolute Gasteiger partial charge is 0.460 e. The summed E-state index contributed by atoms with van der Waals surface area (Å²) >= 11 is 0. The fraction of sp³-hybridized carbons (Fsp3) is 0.211. The first-order chi connectivity index (χ1) is 11.8. The lowest BCUT2D eigenvalue weighted by Gasteiger charge is -2.12. The number of aromatic nitrogens is 3. The summed E-state index contributed by atoms with van der Waals surface area (Å²) in [5, 5.41) is 0. The first-order valence-corrected chi connectivity index (χ1v) is 8.01. The summed E-state index contributed by atoms with van der Waals surface area (Å²) in [6, 6.07) is 13.7. The standard InChI is InChI=1S/C19H17N3O2/c23-19(17-6-3-7-18(21-17)22-11-10-20-13-22)24-12-15-9-8-14-4-1-2-5-16(14)15/h1-7,10-11,13,15H,8-9,12H2/t15-/m0/s1. The zero-order valence-electron chi connectivity index (χ0n) is 13.1. The van der Waals surface area contributed by atoms with Crippen molar-refractivity contribution in [2.45, 2.75) is 18.8 Å². The molecule has 5 heteroatoms. The van der Waals surface area contributed by atoms with Crippen LogP contribution in [0.5, 0.6) is 0 Å². The number of hydrogen-bond acceptors (Lipinski definition) is 4. The van der Waals surface area contributed by atoms with Crippen molar-refractivity contribution in [2.75, 3.05) is 6.61 Å². The Hall–Kier alpha value is -2.95. The lowest BCUT2D eigenvalue weighted by molar-refractivity contribution is 0.0472. The van der Waals surface area contributed by atoms with Crippen LogP contribution in [-0.2, 0) is 11.2 Å². The van der Waals surface area contributed by atoms with Crippen molar-refractivity contribution in [1.82, 2.24) is 14.5 Å². The normalized spacial score (nSPS) is 15.9. The van der Waals surface area contributed by atoms with E-state index in [0.29, 0.717) is 18.1 Å². The molecule has 0 spiro atoms. The average Bonchev–Trinajstić information content (AvgIpc) is 3.30. The molecule has 4 rings (SSSR count). The molecule has 1 atom stereocenters. The smallest absolute Gasteiger partial charge is 0.357 e. The van der Waals surface area contributed by atoms with Gasteiger partial charge in [-0.15, -0.1) is 0 Å². The lowest BCUT2D eigenvalue weighted by Crippen LogP contribution is -2.13. The van der Waals surface area contributed by atoms with Gasteiger partial charge in [-0.1, -0.05) is 30.3 Å². The maximum Gasteiger partial charge on any atom is 0.357 e. The summed E-state index contributed by atoms with van der Waals surface area (Å²) in [5.74, 6) is 0.538. The second kappa shape index (κ2) is 6.28. The molecule has 2 aromatic heterocycles. The molecule has 2 heterocycles. The first kappa shape index (κ1) is 14.6. The van der Waals surface area contributed by atoms with Gasteiger partial charge in [0.05, 0.1) is 6.61 Å². The summed E-state index contributed by atoms with van der Waals surface area (Å²) in [7, 11) is 0. The minimum Gasteiger partial charge on any atom is -0.460 e. The number of fused-ring (bicyclic) bond motifs is 1. The zero-order valence-corrected chi connectivity index (χ0v) is 13.1. The van der Waals surface area contributed by atoms with Crippen molar-refractivity contribution in [1.29, 1.82) is 0 Å². The summed E-state index contributed by atoms with van der Waals surface area (Å²) in [4.78, 5) is 20.7. The van der Waals surface area contributed by atoms with Gasteiger partial charge in [0, 0.05) is 18.3 Å². The van der Waals surface area contributed by atoms with Gasteiger partial charge in [0.25, 0.3) is 0 Å². The summed E-state index contributed by atoms with van der Waals surface area (Å²) in [6.07, 6.45) is 7.17. The molecule has 0 saturated carbocycles. The van der Waals surface area contributed by atoms with E-state index in [0.717, 1.165) is 12.8 Å². The predicted molar refractivity (Wildman–Crippen MR) is 89.1 cm³/mol. The number of hydrogen-bond donors (Lipinski definition) is 0. The first-order valence-electron chi connectivity index (χ1n) is 8.01. The number of aryl methyl sites for hydroxylation is 1. The zero-order chi connectivity index (χ0) is 16.4. The molecule has 1 aliphatic carbocycles. The van der Waals surface area contributed by atoms with Crippen molar-refractivity contribution >= 4 is 5.97 Å². The van der Waals surface area contributed by atoms with E-state index in [1.807, 2.05) is 12.1 Å². The molecule has 0 N–H and O–H groups in total. The van der Waals surface area contributed by atoms with Crippen molar-refractivity contribution in [3.63, 3.8) is 0 Å². The molecule has 120 valence electrons. The van der Waals surface area contributed by atoms with Crippen LogP contribution in [0.25, 0.3) is 5.82 Å². The highest BCUT2D eigenvalue weighted by atomic mass is 16.5. The van der Waals surface area contributed by atoms with Gasteiger partial charge in [-0.2, -0.15) is 0 Å². The number of pyridine rings is 1. The Morgan fingerprint density at radius 2 is 2.12 bits per heavy atom. The predicted octanol–water partition coefficient (Wildman–Crippen LogP) is 3.15. The van der Waals surface area contributed by atoms with Crippen LogP contribution in [0.15, 0.2) is 61.2 Å². The molecule has 3 aromatic rings. The van der Waals surface area contributed by atoms with Crippen LogP contribution in [-0.4, -0.2) is 27.1 Å². The third kappa shape index (κ3) is 2.80. The Labute approximate surface area is 139 Å². The highest BCUT2D eigenvalue weighted by Crippen LogP contribution is 2.32. The van der Waals surface area contributed by atoms with Crippen molar-refractivity contribution < 1.29 is 9.53 Å². The molecule has 1 aromatic carbocycles. The third-order valence-electron chi connectivity index (χ3n) is 4.39. The molecular formula is C19H17N3O2. The fourth-order valence-corrected chi connectivity index (χ4v) is 3.14. The van der Waals surface area contributed by atoms with E-state index in [2.05, 4.69) is 28.2 Å². The topological polar surface area (TPSA) is 57.0 Å². The van der Waals surface area contributed by atoms with Crippen LogP contribution in [0.4, 0.5) is 0 Å². The third-order valence-corrected chi connectivity index (χ3v) is 4.39. The van der Waals surface area contributed by atoms with Crippen LogP contribution in [0, 0.1) is 0 Å². The second-order valence-corrected chi connectivity index (χ2v) is 5.88. The minimum atomic E-state index is -0.388. The number of nitrogens with zero attached hydrogens (tertiary/aromatic N) is 3. The molecule has 1 aliphatic rings. The van der Waals surface area contributed by atoms with Gasteiger partial charge in [0.2, 0.25) is 0 Å². The van der Waals surface area contributed by atoms with Gasteiger partial charge in [-0.3, -0.25) is 4.57 Å². The van der Waals surface area contributed by atoms with Gasteiger partial charge >= 0.3 is 5.97 Å². The molecule has 0 bridgehead atoms. The van der Waals surface area contributed by atoms with Gasteiger partial charge in [0.15, 0.2) is 5.69 Å². The van der Waals surface area contributed by atoms with E-state index in [1.165, 1.54) is 11.1 Å². The van der Waals surface area contributed by atoms with Gasteiger partial charge in [0.1, 0.15) is 12.1 Å². The summed E-state index contributed by atoms with van der Waals surface area (Å²) < 4.78 is 7.27. The molecule has 0 saturated heterocycles. The molecular weight excluding hydrogens is 302 g/mol. The van der Waals surface area contributed by atoms with Crippen molar-refractivity contribution in [2.24, 2.45) is 0 Å². The number of ether oxygens (including phenoxy) is 1. The Morgan fingerprint density at radius 3 is 3.00 bits per heavy atom. The summed E-state index contributed by atoms with van der Waals surface area (Å²) in [5.41, 5.74) is 2.97. The quantitative estimate of drug-likeness (QED) is 0.693. The number of benzene rings is 1. The van der Waals surface area contributed by atoms with Gasteiger partial charge < -0.3 is 4.74 Å². The number of esters is 1. The number of carbonyl (C=O) groups excluding carboxylic acids is 1. The highest BCUT2D eigenvalue weighted by Gasteiger charge is 2.23. The summed E-state index contributed by atoms with van der Waals surface area (Å²) in [6.45, 7) is 0.396. The SMILES string of the molecule is O=C(OC[C@@H]1CCc2ccccc21)c1cccc(-n2ccnc2)n1. The van der Waals surface area contributed by atoms with Gasteiger partial charge in [-0.25, -0.2) is 14.8 Å². The Kier molecular flexibility index (Phi) is 3.83. The second-order valence-electron chi connectivity index (χ2n) is 5.88. The molecule has 24 heavy (non-hydrogen) atoms. The highest BCUT2D eigenvalue weighted by molar-refractivity contribution is 5.87. The van der Waals surface area contributed by atoms with Crippen molar-refractivity contribution in [3.8, 4) is 5.82 Å².